The number of anilines is 1. The summed E-state index contributed by atoms with van der Waals surface area (Å²) in [5.41, 5.74) is 7.00. The van der Waals surface area contributed by atoms with Gasteiger partial charge in [0.2, 0.25) is 10.0 Å². The molecule has 0 bridgehead atoms. The summed E-state index contributed by atoms with van der Waals surface area (Å²) >= 11 is 0. The largest absolute Gasteiger partial charge is 0.399 e. The second kappa shape index (κ2) is 6.39. The van der Waals surface area contributed by atoms with Gasteiger partial charge in [0, 0.05) is 18.8 Å². The second-order valence-corrected chi connectivity index (χ2v) is 7.52. The van der Waals surface area contributed by atoms with E-state index >= 15 is 0 Å². The molecule has 0 saturated heterocycles. The van der Waals surface area contributed by atoms with Crippen LogP contribution in [0.2, 0.25) is 0 Å². The van der Waals surface area contributed by atoms with Crippen LogP contribution in [0.3, 0.4) is 0 Å². The molecule has 0 fully saturated rings. The van der Waals surface area contributed by atoms with Gasteiger partial charge in [-0.1, -0.05) is 26.0 Å². The minimum atomic E-state index is -3.28. The van der Waals surface area contributed by atoms with Crippen LogP contribution >= 0.6 is 0 Å². The molecule has 0 aliphatic rings. The Labute approximate surface area is 116 Å². The maximum absolute atomic E-state index is 12.3. The third kappa shape index (κ3) is 4.84. The molecule has 5 heteroatoms. The van der Waals surface area contributed by atoms with E-state index in [2.05, 4.69) is 13.8 Å². The van der Waals surface area contributed by atoms with Crippen LogP contribution in [0, 0.1) is 5.92 Å². The van der Waals surface area contributed by atoms with E-state index in [1.165, 1.54) is 4.31 Å². The lowest BCUT2D eigenvalue weighted by Crippen LogP contribution is -2.36. The van der Waals surface area contributed by atoms with E-state index in [1.807, 2.05) is 6.92 Å². The highest BCUT2D eigenvalue weighted by atomic mass is 32.2. The molecule has 1 unspecified atom stereocenters. The first-order chi connectivity index (χ1) is 8.72. The van der Waals surface area contributed by atoms with E-state index in [9.17, 15) is 8.42 Å². The monoisotopic (exact) mass is 284 g/mol. The maximum Gasteiger partial charge on any atom is 0.218 e. The second-order valence-electron chi connectivity index (χ2n) is 5.49. The first kappa shape index (κ1) is 16.0. The highest BCUT2D eigenvalue weighted by Gasteiger charge is 2.23. The zero-order valence-corrected chi connectivity index (χ0v) is 12.9. The smallest absolute Gasteiger partial charge is 0.218 e. The van der Waals surface area contributed by atoms with Crippen LogP contribution in [0.25, 0.3) is 0 Å². The maximum atomic E-state index is 12.3. The quantitative estimate of drug-likeness (QED) is 0.816. The summed E-state index contributed by atoms with van der Waals surface area (Å²) in [6.07, 6.45) is 0.859. The Bertz CT molecular complexity index is 495. The normalized spacial score (nSPS) is 14.0. The lowest BCUT2D eigenvalue weighted by atomic mass is 10.1. The summed E-state index contributed by atoms with van der Waals surface area (Å²) < 4.78 is 26.1. The molecule has 1 aromatic carbocycles. The molecule has 0 aliphatic carbocycles. The predicted molar refractivity (Wildman–Crippen MR) is 80.2 cm³/mol. The van der Waals surface area contributed by atoms with Gasteiger partial charge in [-0.2, -0.15) is 0 Å². The van der Waals surface area contributed by atoms with Crippen molar-refractivity contribution in [2.75, 3.05) is 12.8 Å². The van der Waals surface area contributed by atoms with E-state index in [4.69, 9.17) is 5.73 Å². The van der Waals surface area contributed by atoms with Gasteiger partial charge < -0.3 is 5.73 Å². The number of sulfonamides is 1. The van der Waals surface area contributed by atoms with Gasteiger partial charge in [-0.15, -0.1) is 0 Å². The van der Waals surface area contributed by atoms with E-state index in [0.717, 1.165) is 12.0 Å². The highest BCUT2D eigenvalue weighted by molar-refractivity contribution is 7.88. The van der Waals surface area contributed by atoms with Crippen molar-refractivity contribution in [1.29, 1.82) is 0 Å². The molecule has 0 aliphatic heterocycles. The zero-order chi connectivity index (χ0) is 14.6. The molecule has 0 heterocycles. The fourth-order valence-electron chi connectivity index (χ4n) is 2.03. The Kier molecular flexibility index (Phi) is 5.38. The van der Waals surface area contributed by atoms with Gasteiger partial charge in [0.05, 0.1) is 5.75 Å². The van der Waals surface area contributed by atoms with E-state index in [-0.39, 0.29) is 11.8 Å². The van der Waals surface area contributed by atoms with Crippen molar-refractivity contribution in [2.24, 2.45) is 5.92 Å². The summed E-state index contributed by atoms with van der Waals surface area (Å²) in [7, 11) is -1.63. The average molecular weight is 284 g/mol. The predicted octanol–water partition coefficient (Wildman–Crippen LogP) is 2.47. The van der Waals surface area contributed by atoms with E-state index in [1.54, 1.807) is 31.3 Å². The van der Waals surface area contributed by atoms with Crippen LogP contribution in [-0.4, -0.2) is 25.8 Å². The van der Waals surface area contributed by atoms with Crippen molar-refractivity contribution in [1.82, 2.24) is 4.31 Å². The number of nitrogen functional groups attached to an aromatic ring is 1. The Morgan fingerprint density at radius 3 is 2.16 bits per heavy atom. The van der Waals surface area contributed by atoms with E-state index in [0.29, 0.717) is 11.6 Å². The number of nitrogens with zero attached hydrogens (tertiary/aromatic N) is 1. The Hall–Kier alpha value is -1.07. The Balaban J connectivity index is 2.77. The minimum absolute atomic E-state index is 0.0128. The van der Waals surface area contributed by atoms with Crippen LogP contribution in [0.5, 0.6) is 0 Å². The molecule has 4 nitrogen and oxygen atoms in total. The topological polar surface area (TPSA) is 63.4 Å². The molecule has 0 aromatic heterocycles. The molecule has 1 aromatic rings. The first-order valence-electron chi connectivity index (χ1n) is 6.52. The molecule has 0 amide bonds. The molecule has 0 spiro atoms. The summed E-state index contributed by atoms with van der Waals surface area (Å²) in [4.78, 5) is 0. The lowest BCUT2D eigenvalue weighted by Gasteiger charge is -2.25. The average Bonchev–Trinajstić information content (AvgIpc) is 2.30. The van der Waals surface area contributed by atoms with Crippen molar-refractivity contribution in [3.05, 3.63) is 29.8 Å². The van der Waals surface area contributed by atoms with Crippen molar-refractivity contribution < 1.29 is 8.42 Å². The number of hydrogen-bond donors (Lipinski definition) is 1. The van der Waals surface area contributed by atoms with Crippen LogP contribution in [0.4, 0.5) is 5.69 Å². The van der Waals surface area contributed by atoms with Gasteiger partial charge in [0.25, 0.3) is 0 Å². The van der Waals surface area contributed by atoms with Gasteiger partial charge in [-0.3, -0.25) is 0 Å². The Morgan fingerprint density at radius 1 is 1.16 bits per heavy atom. The summed E-state index contributed by atoms with van der Waals surface area (Å²) in [5.74, 6) is 0.496. The molecule has 1 rings (SSSR count). The molecular formula is C14H24N2O2S. The zero-order valence-electron chi connectivity index (χ0n) is 12.1. The summed E-state index contributed by atoms with van der Waals surface area (Å²) in [6.45, 7) is 6.13. The molecule has 1 atom stereocenters. The van der Waals surface area contributed by atoms with Crippen molar-refractivity contribution in [3.63, 3.8) is 0 Å². The fourth-order valence-corrected chi connectivity index (χ4v) is 3.48. The molecule has 108 valence electrons. The lowest BCUT2D eigenvalue weighted by molar-refractivity contribution is 0.337. The fraction of sp³-hybridized carbons (Fsp3) is 0.571. The van der Waals surface area contributed by atoms with Crippen LogP contribution in [0.1, 0.15) is 32.8 Å². The number of nitrogens with two attached hydrogens (primary N) is 1. The number of benzene rings is 1. The standard InChI is InChI=1S/C14H24N2O2S/c1-11(2)9-12(3)16(4)19(17,18)10-13-5-7-14(15)8-6-13/h5-8,11-12H,9-10,15H2,1-4H3. The SMILES string of the molecule is CC(C)CC(C)N(C)S(=O)(=O)Cc1ccc(N)cc1. The van der Waals surface area contributed by atoms with Crippen molar-refractivity contribution >= 4 is 15.7 Å². The molecule has 19 heavy (non-hydrogen) atoms. The molecular weight excluding hydrogens is 260 g/mol. The number of rotatable bonds is 6. The van der Waals surface area contributed by atoms with Gasteiger partial charge in [-0.25, -0.2) is 12.7 Å². The number of hydrogen-bond acceptors (Lipinski definition) is 3. The summed E-state index contributed by atoms with van der Waals surface area (Å²) in [6, 6.07) is 6.98. The highest BCUT2D eigenvalue weighted by Crippen LogP contribution is 2.17. The Morgan fingerprint density at radius 2 is 1.68 bits per heavy atom. The molecule has 2 N–H and O–H groups in total. The third-order valence-electron chi connectivity index (χ3n) is 3.20. The summed E-state index contributed by atoms with van der Waals surface area (Å²) in [5, 5.41) is 0. The van der Waals surface area contributed by atoms with Crippen LogP contribution < -0.4 is 5.73 Å². The minimum Gasteiger partial charge on any atom is -0.399 e. The van der Waals surface area contributed by atoms with Gasteiger partial charge >= 0.3 is 0 Å². The van der Waals surface area contributed by atoms with Crippen LogP contribution in [0.15, 0.2) is 24.3 Å². The molecule has 0 saturated carbocycles. The first-order valence-corrected chi connectivity index (χ1v) is 8.13. The van der Waals surface area contributed by atoms with Crippen molar-refractivity contribution in [2.45, 2.75) is 39.0 Å². The third-order valence-corrected chi connectivity index (χ3v) is 5.14. The molecule has 0 radical (unpaired) electrons. The van der Waals surface area contributed by atoms with E-state index < -0.39 is 10.0 Å². The van der Waals surface area contributed by atoms with Gasteiger partial charge in [0.1, 0.15) is 0 Å². The van der Waals surface area contributed by atoms with Gasteiger partial charge in [0.15, 0.2) is 0 Å². The van der Waals surface area contributed by atoms with Crippen molar-refractivity contribution in [3.8, 4) is 0 Å². The van der Waals surface area contributed by atoms with Gasteiger partial charge in [-0.05, 0) is 37.0 Å². The van der Waals surface area contributed by atoms with Crippen LogP contribution in [-0.2, 0) is 15.8 Å².